The second-order valence-corrected chi connectivity index (χ2v) is 5.12. The number of rotatable bonds is 6. The summed E-state index contributed by atoms with van der Waals surface area (Å²) in [6.07, 6.45) is -0.0418. The molecule has 0 aliphatic heterocycles. The molecule has 0 heterocycles. The number of carboxylic acids is 1. The van der Waals surface area contributed by atoms with E-state index in [-0.39, 0.29) is 12.3 Å². The van der Waals surface area contributed by atoms with Crippen LogP contribution in [0, 0.1) is 0 Å². The first-order valence-corrected chi connectivity index (χ1v) is 6.01. The molecule has 0 amide bonds. The fourth-order valence-corrected chi connectivity index (χ4v) is 2.02. The van der Waals surface area contributed by atoms with Crippen LogP contribution in [0.2, 0.25) is 0 Å². The SMILES string of the molecule is COc1cc(OC)cc(C(CC(=O)O)C(C)(C)N)c1. The second-order valence-electron chi connectivity index (χ2n) is 5.12. The Bertz CT molecular complexity index is 429. The molecule has 5 heteroatoms. The minimum Gasteiger partial charge on any atom is -0.497 e. The van der Waals surface area contributed by atoms with Crippen LogP contribution in [0.5, 0.6) is 11.5 Å². The summed E-state index contributed by atoms with van der Waals surface area (Å²) >= 11 is 0. The molecule has 5 nitrogen and oxygen atoms in total. The molecular weight excluding hydrogens is 246 g/mol. The Morgan fingerprint density at radius 3 is 2.05 bits per heavy atom. The predicted molar refractivity (Wildman–Crippen MR) is 72.8 cm³/mol. The van der Waals surface area contributed by atoms with Crippen LogP contribution in [-0.4, -0.2) is 30.8 Å². The topological polar surface area (TPSA) is 81.8 Å². The van der Waals surface area contributed by atoms with Crippen molar-refractivity contribution in [2.75, 3.05) is 14.2 Å². The number of ether oxygens (including phenoxy) is 2. The molecule has 1 atom stereocenters. The average molecular weight is 267 g/mol. The molecule has 0 aliphatic rings. The Balaban J connectivity index is 3.24. The van der Waals surface area contributed by atoms with Crippen molar-refractivity contribution in [3.8, 4) is 11.5 Å². The third-order valence-electron chi connectivity index (χ3n) is 3.05. The van der Waals surface area contributed by atoms with Crippen molar-refractivity contribution in [3.63, 3.8) is 0 Å². The maximum atomic E-state index is 11.0. The van der Waals surface area contributed by atoms with E-state index < -0.39 is 11.5 Å². The number of nitrogens with two attached hydrogens (primary N) is 1. The third kappa shape index (κ3) is 4.13. The Hall–Kier alpha value is -1.75. The lowest BCUT2D eigenvalue weighted by atomic mass is 9.80. The average Bonchev–Trinajstić information content (AvgIpc) is 2.33. The van der Waals surface area contributed by atoms with Crippen LogP contribution in [0.1, 0.15) is 31.7 Å². The summed E-state index contributed by atoms with van der Waals surface area (Å²) in [7, 11) is 3.11. The minimum absolute atomic E-state index is 0.0418. The molecule has 0 bridgehead atoms. The largest absolute Gasteiger partial charge is 0.497 e. The normalized spacial score (nSPS) is 12.9. The molecule has 1 unspecified atom stereocenters. The van der Waals surface area contributed by atoms with E-state index in [4.69, 9.17) is 20.3 Å². The standard InChI is InChI=1S/C14H21NO4/c1-14(2,15)12(8-13(16)17)9-5-10(18-3)7-11(6-9)19-4/h5-7,12H,8,15H2,1-4H3,(H,16,17). The molecule has 0 aromatic heterocycles. The van der Waals surface area contributed by atoms with Gasteiger partial charge in [0.05, 0.1) is 20.6 Å². The highest BCUT2D eigenvalue weighted by Gasteiger charge is 2.29. The van der Waals surface area contributed by atoms with Crippen molar-refractivity contribution in [1.29, 1.82) is 0 Å². The van der Waals surface area contributed by atoms with Gasteiger partial charge in [0.15, 0.2) is 0 Å². The molecule has 0 fully saturated rings. The van der Waals surface area contributed by atoms with Crippen LogP contribution < -0.4 is 15.2 Å². The highest BCUT2D eigenvalue weighted by atomic mass is 16.5. The Labute approximate surface area is 113 Å². The van der Waals surface area contributed by atoms with Gasteiger partial charge in [0, 0.05) is 17.5 Å². The summed E-state index contributed by atoms with van der Waals surface area (Å²) in [4.78, 5) is 11.0. The predicted octanol–water partition coefficient (Wildman–Crippen LogP) is 2.00. The highest BCUT2D eigenvalue weighted by Crippen LogP contribution is 2.34. The van der Waals surface area contributed by atoms with Gasteiger partial charge in [-0.15, -0.1) is 0 Å². The second kappa shape index (κ2) is 5.93. The maximum Gasteiger partial charge on any atom is 0.304 e. The van der Waals surface area contributed by atoms with E-state index in [1.807, 2.05) is 13.8 Å². The van der Waals surface area contributed by atoms with E-state index in [2.05, 4.69) is 0 Å². The van der Waals surface area contributed by atoms with E-state index in [9.17, 15) is 4.79 Å². The van der Waals surface area contributed by atoms with Gasteiger partial charge in [-0.05, 0) is 31.5 Å². The van der Waals surface area contributed by atoms with E-state index in [0.29, 0.717) is 11.5 Å². The number of hydrogen-bond acceptors (Lipinski definition) is 4. The molecule has 19 heavy (non-hydrogen) atoms. The van der Waals surface area contributed by atoms with Crippen molar-refractivity contribution in [1.82, 2.24) is 0 Å². The number of carbonyl (C=O) groups is 1. The van der Waals surface area contributed by atoms with E-state index in [1.165, 1.54) is 0 Å². The summed E-state index contributed by atoms with van der Waals surface area (Å²) in [6.45, 7) is 3.62. The van der Waals surface area contributed by atoms with Gasteiger partial charge in [-0.25, -0.2) is 0 Å². The Morgan fingerprint density at radius 2 is 1.74 bits per heavy atom. The molecule has 1 rings (SSSR count). The zero-order valence-electron chi connectivity index (χ0n) is 11.8. The number of carboxylic acid groups (broad SMARTS) is 1. The van der Waals surface area contributed by atoms with Crippen molar-refractivity contribution >= 4 is 5.97 Å². The van der Waals surface area contributed by atoms with Gasteiger partial charge in [-0.1, -0.05) is 0 Å². The highest BCUT2D eigenvalue weighted by molar-refractivity contribution is 5.68. The molecule has 106 valence electrons. The summed E-state index contributed by atoms with van der Waals surface area (Å²) in [5, 5.41) is 9.04. The van der Waals surface area contributed by atoms with Gasteiger partial charge >= 0.3 is 5.97 Å². The van der Waals surface area contributed by atoms with Gasteiger partial charge < -0.3 is 20.3 Å². The van der Waals surface area contributed by atoms with Crippen molar-refractivity contribution in [2.24, 2.45) is 5.73 Å². The van der Waals surface area contributed by atoms with Crippen LogP contribution in [0.15, 0.2) is 18.2 Å². The van der Waals surface area contributed by atoms with Crippen LogP contribution in [0.3, 0.4) is 0 Å². The van der Waals surface area contributed by atoms with Gasteiger partial charge in [-0.2, -0.15) is 0 Å². The molecule has 0 radical (unpaired) electrons. The Kier molecular flexibility index (Phi) is 4.78. The number of methoxy groups -OCH3 is 2. The summed E-state index contributed by atoms with van der Waals surface area (Å²) < 4.78 is 10.4. The maximum absolute atomic E-state index is 11.0. The first-order chi connectivity index (χ1) is 8.77. The van der Waals surface area contributed by atoms with Crippen LogP contribution in [0.25, 0.3) is 0 Å². The third-order valence-corrected chi connectivity index (χ3v) is 3.05. The van der Waals surface area contributed by atoms with Gasteiger partial charge in [0.25, 0.3) is 0 Å². The van der Waals surface area contributed by atoms with Crippen LogP contribution >= 0.6 is 0 Å². The molecule has 0 saturated heterocycles. The monoisotopic (exact) mass is 267 g/mol. The molecule has 1 aromatic carbocycles. The Morgan fingerprint density at radius 1 is 1.26 bits per heavy atom. The van der Waals surface area contributed by atoms with Gasteiger partial charge in [0.2, 0.25) is 0 Å². The van der Waals surface area contributed by atoms with Crippen LogP contribution in [-0.2, 0) is 4.79 Å². The summed E-state index contributed by atoms with van der Waals surface area (Å²) in [5.41, 5.74) is 6.24. The lowest BCUT2D eigenvalue weighted by molar-refractivity contribution is -0.137. The van der Waals surface area contributed by atoms with Crippen molar-refractivity contribution in [3.05, 3.63) is 23.8 Å². The zero-order chi connectivity index (χ0) is 14.6. The summed E-state index contributed by atoms with van der Waals surface area (Å²) in [5.74, 6) is 0.0299. The molecular formula is C14H21NO4. The smallest absolute Gasteiger partial charge is 0.304 e. The van der Waals surface area contributed by atoms with Gasteiger partial charge in [0.1, 0.15) is 11.5 Å². The first kappa shape index (κ1) is 15.3. The molecule has 0 aliphatic carbocycles. The molecule has 3 N–H and O–H groups in total. The lowest BCUT2D eigenvalue weighted by Gasteiger charge is -2.30. The lowest BCUT2D eigenvalue weighted by Crippen LogP contribution is -2.40. The first-order valence-electron chi connectivity index (χ1n) is 6.01. The molecule has 0 saturated carbocycles. The van der Waals surface area contributed by atoms with E-state index in [0.717, 1.165) is 5.56 Å². The molecule has 1 aromatic rings. The van der Waals surface area contributed by atoms with Crippen molar-refractivity contribution in [2.45, 2.75) is 31.7 Å². The number of benzene rings is 1. The zero-order valence-corrected chi connectivity index (χ0v) is 11.8. The van der Waals surface area contributed by atoms with E-state index in [1.54, 1.807) is 32.4 Å². The number of hydrogen-bond donors (Lipinski definition) is 2. The fourth-order valence-electron chi connectivity index (χ4n) is 2.02. The molecule has 0 spiro atoms. The minimum atomic E-state index is -0.884. The number of aliphatic carboxylic acids is 1. The van der Waals surface area contributed by atoms with E-state index >= 15 is 0 Å². The van der Waals surface area contributed by atoms with Crippen LogP contribution in [0.4, 0.5) is 0 Å². The quantitative estimate of drug-likeness (QED) is 0.823. The van der Waals surface area contributed by atoms with Crippen molar-refractivity contribution < 1.29 is 19.4 Å². The summed E-state index contributed by atoms with van der Waals surface area (Å²) in [6, 6.07) is 5.33. The fraction of sp³-hybridized carbons (Fsp3) is 0.500. The van der Waals surface area contributed by atoms with Gasteiger partial charge in [-0.3, -0.25) is 4.79 Å².